The van der Waals surface area contributed by atoms with Crippen molar-refractivity contribution in [2.24, 2.45) is 4.99 Å². The number of guanidine groups is 1. The molecule has 0 spiro atoms. The van der Waals surface area contributed by atoms with Gasteiger partial charge in [0.1, 0.15) is 0 Å². The Hall–Kier alpha value is -0.820. The van der Waals surface area contributed by atoms with Crippen molar-refractivity contribution >= 4 is 15.8 Å². The van der Waals surface area contributed by atoms with Gasteiger partial charge in [-0.25, -0.2) is 8.42 Å². The summed E-state index contributed by atoms with van der Waals surface area (Å²) >= 11 is 0. The Morgan fingerprint density at radius 1 is 1.38 bits per heavy atom. The maximum atomic E-state index is 12.1. The maximum absolute atomic E-state index is 12.1. The lowest BCUT2D eigenvalue weighted by atomic mass is 10.2. The van der Waals surface area contributed by atoms with Crippen molar-refractivity contribution in [3.8, 4) is 0 Å². The van der Waals surface area contributed by atoms with Crippen molar-refractivity contribution in [1.82, 2.24) is 15.1 Å². The van der Waals surface area contributed by atoms with E-state index in [1.165, 1.54) is 0 Å². The molecular formula is C14H30N4O2S. The molecule has 0 aromatic carbocycles. The molecule has 1 aliphatic heterocycles. The Bertz CT molecular complexity index is 458. The summed E-state index contributed by atoms with van der Waals surface area (Å²) in [6.07, 6.45) is 0.997. The molecule has 0 saturated carbocycles. The van der Waals surface area contributed by atoms with Crippen molar-refractivity contribution < 1.29 is 8.42 Å². The Balaban J connectivity index is 2.71. The SMILES string of the molecule is CCNC(=NCCCN(C)C)N1CCS(=O)(=O)C(C)(C)C1. The summed E-state index contributed by atoms with van der Waals surface area (Å²) in [5, 5.41) is 3.27. The molecule has 1 heterocycles. The molecule has 0 aromatic rings. The van der Waals surface area contributed by atoms with Crippen LogP contribution >= 0.6 is 0 Å². The van der Waals surface area contributed by atoms with Crippen LogP contribution < -0.4 is 5.32 Å². The average molecular weight is 318 g/mol. The fraction of sp³-hybridized carbons (Fsp3) is 0.929. The molecule has 0 bridgehead atoms. The fourth-order valence-electron chi connectivity index (χ4n) is 2.32. The molecule has 1 aliphatic rings. The highest BCUT2D eigenvalue weighted by Gasteiger charge is 2.40. The van der Waals surface area contributed by atoms with E-state index in [2.05, 4.69) is 20.1 Å². The van der Waals surface area contributed by atoms with Gasteiger partial charge >= 0.3 is 0 Å². The largest absolute Gasteiger partial charge is 0.357 e. The number of rotatable bonds is 5. The van der Waals surface area contributed by atoms with Crippen LogP contribution in [0.3, 0.4) is 0 Å². The van der Waals surface area contributed by atoms with Crippen LogP contribution in [0.4, 0.5) is 0 Å². The van der Waals surface area contributed by atoms with E-state index in [0.29, 0.717) is 13.1 Å². The van der Waals surface area contributed by atoms with Gasteiger partial charge in [0.25, 0.3) is 0 Å². The summed E-state index contributed by atoms with van der Waals surface area (Å²) in [5.41, 5.74) is 0. The summed E-state index contributed by atoms with van der Waals surface area (Å²) in [7, 11) is 1.09. The van der Waals surface area contributed by atoms with E-state index < -0.39 is 14.6 Å². The van der Waals surface area contributed by atoms with Gasteiger partial charge in [0.15, 0.2) is 15.8 Å². The number of nitrogens with zero attached hydrogens (tertiary/aromatic N) is 3. The number of hydrogen-bond acceptors (Lipinski definition) is 4. The molecule has 21 heavy (non-hydrogen) atoms. The number of sulfone groups is 1. The van der Waals surface area contributed by atoms with Crippen molar-refractivity contribution in [3.63, 3.8) is 0 Å². The van der Waals surface area contributed by atoms with E-state index in [9.17, 15) is 8.42 Å². The van der Waals surface area contributed by atoms with Crippen molar-refractivity contribution in [2.75, 3.05) is 52.6 Å². The van der Waals surface area contributed by atoms with Crippen molar-refractivity contribution in [2.45, 2.75) is 31.9 Å². The molecule has 1 fully saturated rings. The van der Waals surface area contributed by atoms with E-state index in [0.717, 1.165) is 32.0 Å². The minimum Gasteiger partial charge on any atom is -0.357 e. The third kappa shape index (κ3) is 5.14. The average Bonchev–Trinajstić information content (AvgIpc) is 2.36. The van der Waals surface area contributed by atoms with Gasteiger partial charge < -0.3 is 15.1 Å². The highest BCUT2D eigenvalue weighted by atomic mass is 32.2. The molecule has 0 unspecified atom stereocenters. The van der Waals surface area contributed by atoms with Gasteiger partial charge in [0, 0.05) is 26.2 Å². The third-order valence-electron chi connectivity index (χ3n) is 3.70. The summed E-state index contributed by atoms with van der Waals surface area (Å²) in [6, 6.07) is 0. The summed E-state index contributed by atoms with van der Waals surface area (Å²) < 4.78 is 23.4. The second-order valence-electron chi connectivity index (χ2n) is 6.39. The molecule has 0 aromatic heterocycles. The topological polar surface area (TPSA) is 65.0 Å². The molecule has 0 amide bonds. The van der Waals surface area contributed by atoms with Crippen LogP contribution in [0.25, 0.3) is 0 Å². The summed E-state index contributed by atoms with van der Waals surface area (Å²) in [5.74, 6) is 1.03. The Morgan fingerprint density at radius 3 is 2.57 bits per heavy atom. The van der Waals surface area contributed by atoms with Crippen LogP contribution in [0.2, 0.25) is 0 Å². The monoisotopic (exact) mass is 318 g/mol. The fourth-order valence-corrected chi connectivity index (χ4v) is 3.69. The maximum Gasteiger partial charge on any atom is 0.193 e. The van der Waals surface area contributed by atoms with Gasteiger partial charge in [0.05, 0.1) is 10.5 Å². The molecule has 7 heteroatoms. The predicted octanol–water partition coefficient (Wildman–Crippen LogP) is 0.413. The van der Waals surface area contributed by atoms with Gasteiger partial charge in [-0.1, -0.05) is 0 Å². The van der Waals surface area contributed by atoms with Gasteiger partial charge in [-0.3, -0.25) is 4.99 Å². The van der Waals surface area contributed by atoms with E-state index in [1.54, 1.807) is 13.8 Å². The highest BCUT2D eigenvalue weighted by Crippen LogP contribution is 2.23. The first kappa shape index (κ1) is 18.2. The van der Waals surface area contributed by atoms with Gasteiger partial charge in [-0.05, 0) is 47.8 Å². The van der Waals surface area contributed by atoms with Crippen molar-refractivity contribution in [1.29, 1.82) is 0 Å². The number of aliphatic imine (C=N–C) groups is 1. The lowest BCUT2D eigenvalue weighted by molar-refractivity contribution is 0.352. The van der Waals surface area contributed by atoms with Crippen LogP contribution in [-0.2, 0) is 9.84 Å². The van der Waals surface area contributed by atoms with E-state index >= 15 is 0 Å². The van der Waals surface area contributed by atoms with Crippen LogP contribution in [-0.4, -0.2) is 81.5 Å². The zero-order valence-corrected chi connectivity index (χ0v) is 14.8. The molecule has 0 radical (unpaired) electrons. The quantitative estimate of drug-likeness (QED) is 0.452. The Kier molecular flexibility index (Phi) is 6.46. The first-order valence-electron chi connectivity index (χ1n) is 7.60. The van der Waals surface area contributed by atoms with Crippen molar-refractivity contribution in [3.05, 3.63) is 0 Å². The predicted molar refractivity (Wildman–Crippen MR) is 88.6 cm³/mol. The lowest BCUT2D eigenvalue weighted by Crippen LogP contribution is -2.57. The highest BCUT2D eigenvalue weighted by molar-refractivity contribution is 7.92. The van der Waals surface area contributed by atoms with Crippen LogP contribution in [0.1, 0.15) is 27.2 Å². The third-order valence-corrected chi connectivity index (χ3v) is 6.24. The Labute approximate surface area is 129 Å². The minimum absolute atomic E-state index is 0.197. The second-order valence-corrected chi connectivity index (χ2v) is 9.14. The van der Waals surface area contributed by atoms with E-state index in [-0.39, 0.29) is 5.75 Å². The zero-order valence-electron chi connectivity index (χ0n) is 14.0. The molecule has 1 rings (SSSR count). The summed E-state index contributed by atoms with van der Waals surface area (Å²) in [4.78, 5) is 8.84. The molecule has 0 atom stereocenters. The van der Waals surface area contributed by atoms with Gasteiger partial charge in [0.2, 0.25) is 0 Å². The van der Waals surface area contributed by atoms with E-state index in [1.807, 2.05) is 21.0 Å². The standard InChI is InChI=1S/C14H30N4O2S/c1-6-15-13(16-8-7-9-17(4)5)18-10-11-21(19,20)14(2,3)12-18/h6-12H2,1-5H3,(H,15,16). The van der Waals surface area contributed by atoms with Crippen LogP contribution in [0, 0.1) is 0 Å². The first-order chi connectivity index (χ1) is 9.69. The van der Waals surface area contributed by atoms with Gasteiger partial charge in [-0.2, -0.15) is 0 Å². The molecule has 0 aliphatic carbocycles. The molecule has 1 saturated heterocycles. The van der Waals surface area contributed by atoms with Crippen LogP contribution in [0.5, 0.6) is 0 Å². The molecule has 1 N–H and O–H groups in total. The minimum atomic E-state index is -3.01. The smallest absolute Gasteiger partial charge is 0.193 e. The van der Waals surface area contributed by atoms with Gasteiger partial charge in [-0.15, -0.1) is 0 Å². The number of nitrogens with one attached hydrogen (secondary N) is 1. The Morgan fingerprint density at radius 2 is 2.05 bits per heavy atom. The number of hydrogen-bond donors (Lipinski definition) is 1. The van der Waals surface area contributed by atoms with E-state index in [4.69, 9.17) is 0 Å². The summed E-state index contributed by atoms with van der Waals surface area (Å²) in [6.45, 7) is 9.18. The molecule has 124 valence electrons. The molecule has 6 nitrogen and oxygen atoms in total. The second kappa shape index (κ2) is 7.45. The first-order valence-corrected chi connectivity index (χ1v) is 9.25. The lowest BCUT2D eigenvalue weighted by Gasteiger charge is -2.39. The zero-order chi connectivity index (χ0) is 16.1. The normalized spacial score (nSPS) is 21.6. The molecular weight excluding hydrogens is 288 g/mol. The van der Waals surface area contributed by atoms with Crippen LogP contribution in [0.15, 0.2) is 4.99 Å².